The Morgan fingerprint density at radius 1 is 1.08 bits per heavy atom. The van der Waals surface area contributed by atoms with Crippen LogP contribution in [-0.4, -0.2) is 45.8 Å². The molecule has 1 aliphatic carbocycles. The molecule has 204 valence electrons. The van der Waals surface area contributed by atoms with E-state index in [0.717, 1.165) is 73.0 Å². The van der Waals surface area contributed by atoms with Gasteiger partial charge in [-0.25, -0.2) is 9.89 Å². The summed E-state index contributed by atoms with van der Waals surface area (Å²) in [6.07, 6.45) is 11.7. The highest BCUT2D eigenvalue weighted by Gasteiger charge is 2.32. The van der Waals surface area contributed by atoms with Gasteiger partial charge >= 0.3 is 11.7 Å². The topological polar surface area (TPSA) is 132 Å². The fraction of sp³-hybridized carbons (Fsp3) is 0.448. The average molecular weight is 530 g/mol. The van der Waals surface area contributed by atoms with Crippen LogP contribution >= 0.6 is 0 Å². The fourth-order valence-corrected chi connectivity index (χ4v) is 5.65. The van der Waals surface area contributed by atoms with Gasteiger partial charge in [-0.2, -0.15) is 0 Å². The molecule has 1 saturated carbocycles. The molecule has 39 heavy (non-hydrogen) atoms. The van der Waals surface area contributed by atoms with Crippen molar-refractivity contribution in [3.05, 3.63) is 70.7 Å². The number of carboxylic acids is 1. The van der Waals surface area contributed by atoms with Crippen molar-refractivity contribution in [3.8, 4) is 22.5 Å². The summed E-state index contributed by atoms with van der Waals surface area (Å²) >= 11 is 0. The summed E-state index contributed by atoms with van der Waals surface area (Å²) < 4.78 is 3.49. The summed E-state index contributed by atoms with van der Waals surface area (Å²) in [6.45, 7) is 2.46. The second-order valence-corrected chi connectivity index (χ2v) is 10.3. The van der Waals surface area contributed by atoms with Crippen LogP contribution in [0.15, 0.2) is 53.6 Å². The zero-order chi connectivity index (χ0) is 27.2. The Bertz CT molecular complexity index is 1440. The number of unbranched alkanes of at least 4 members (excludes halogenated alkanes) is 1. The first kappa shape index (κ1) is 26.5. The van der Waals surface area contributed by atoms with Crippen molar-refractivity contribution in [2.45, 2.75) is 77.3 Å². The first-order valence-corrected chi connectivity index (χ1v) is 13.9. The van der Waals surface area contributed by atoms with Crippen molar-refractivity contribution >= 4 is 5.97 Å². The number of aromatic amines is 1. The van der Waals surface area contributed by atoms with Crippen molar-refractivity contribution in [2.24, 2.45) is 5.92 Å². The highest BCUT2D eigenvalue weighted by molar-refractivity contribution is 5.79. The minimum absolute atomic E-state index is 0.146. The SMILES string of the molecule is CCCCc1cn(C2CCCCCCC2C(=O)O)c(=O)n1Cc1ccc(-c2ccccc2-c2nnn[nH]2)cn1. The first-order chi connectivity index (χ1) is 19.1. The van der Waals surface area contributed by atoms with Crippen LogP contribution in [0, 0.1) is 5.92 Å². The number of tetrazole rings is 1. The minimum atomic E-state index is -0.810. The van der Waals surface area contributed by atoms with E-state index in [0.29, 0.717) is 25.2 Å². The minimum Gasteiger partial charge on any atom is -0.481 e. The third-order valence-corrected chi connectivity index (χ3v) is 7.76. The lowest BCUT2D eigenvalue weighted by Gasteiger charge is -2.26. The molecule has 0 amide bonds. The maximum atomic E-state index is 13.8. The molecule has 0 bridgehead atoms. The number of hydrogen-bond donors (Lipinski definition) is 2. The van der Waals surface area contributed by atoms with E-state index in [9.17, 15) is 14.7 Å². The number of imidazole rings is 1. The van der Waals surface area contributed by atoms with Crippen molar-refractivity contribution in [1.82, 2.24) is 34.7 Å². The largest absolute Gasteiger partial charge is 0.481 e. The molecule has 0 radical (unpaired) electrons. The van der Waals surface area contributed by atoms with Gasteiger partial charge in [-0.05, 0) is 47.7 Å². The summed E-state index contributed by atoms with van der Waals surface area (Å²) in [5.41, 5.74) is 4.29. The summed E-state index contributed by atoms with van der Waals surface area (Å²) in [5.74, 6) is -0.776. The van der Waals surface area contributed by atoms with Crippen LogP contribution in [0.2, 0.25) is 0 Å². The number of aliphatic carboxylic acids is 1. The highest BCUT2D eigenvalue weighted by atomic mass is 16.4. The number of rotatable bonds is 9. The molecule has 1 aliphatic rings. The fourth-order valence-electron chi connectivity index (χ4n) is 5.65. The lowest BCUT2D eigenvalue weighted by Crippen LogP contribution is -2.35. The van der Waals surface area contributed by atoms with Gasteiger partial charge < -0.3 is 5.11 Å². The Balaban J connectivity index is 1.45. The molecule has 2 unspecified atom stereocenters. The highest BCUT2D eigenvalue weighted by Crippen LogP contribution is 2.32. The predicted molar refractivity (Wildman–Crippen MR) is 147 cm³/mol. The number of benzene rings is 1. The third-order valence-electron chi connectivity index (χ3n) is 7.76. The van der Waals surface area contributed by atoms with Crippen molar-refractivity contribution < 1.29 is 9.90 Å². The van der Waals surface area contributed by atoms with E-state index in [-0.39, 0.29) is 11.7 Å². The molecule has 10 nitrogen and oxygen atoms in total. The number of H-pyrrole nitrogens is 1. The van der Waals surface area contributed by atoms with Crippen LogP contribution in [0.1, 0.15) is 75.7 Å². The Labute approximate surface area is 227 Å². The maximum absolute atomic E-state index is 13.8. The Morgan fingerprint density at radius 2 is 1.87 bits per heavy atom. The Morgan fingerprint density at radius 3 is 2.56 bits per heavy atom. The van der Waals surface area contributed by atoms with Gasteiger partial charge in [0.1, 0.15) is 0 Å². The maximum Gasteiger partial charge on any atom is 0.328 e. The standard InChI is InChI=1S/C29H35N7O3/c1-2-3-10-22-19-36(26-14-7-5-4-6-13-25(26)28(37)38)29(39)35(22)18-21-16-15-20(17-30-21)23-11-8-9-12-24(23)27-31-33-34-32-27/h8-9,11-12,15-17,19,25-26H,2-7,10,13-14,18H2,1H3,(H,37,38)(H,31,32,33,34). The first-order valence-electron chi connectivity index (χ1n) is 13.9. The number of aryl methyl sites for hydroxylation is 1. The molecule has 2 atom stereocenters. The van der Waals surface area contributed by atoms with Crippen LogP contribution < -0.4 is 5.69 Å². The van der Waals surface area contributed by atoms with Crippen LogP contribution in [0.5, 0.6) is 0 Å². The van der Waals surface area contributed by atoms with Crippen LogP contribution in [-0.2, 0) is 17.8 Å². The van der Waals surface area contributed by atoms with E-state index in [2.05, 4.69) is 27.5 Å². The molecule has 0 aliphatic heterocycles. The van der Waals surface area contributed by atoms with Gasteiger partial charge in [-0.15, -0.1) is 5.10 Å². The lowest BCUT2D eigenvalue weighted by molar-refractivity contribution is -0.144. The van der Waals surface area contributed by atoms with Gasteiger partial charge in [-0.1, -0.05) is 69.4 Å². The monoisotopic (exact) mass is 529 g/mol. The average Bonchev–Trinajstić information content (AvgIpc) is 3.57. The zero-order valence-corrected chi connectivity index (χ0v) is 22.3. The summed E-state index contributed by atoms with van der Waals surface area (Å²) in [5, 5.41) is 24.2. The van der Waals surface area contributed by atoms with Gasteiger partial charge in [0.15, 0.2) is 5.82 Å². The van der Waals surface area contributed by atoms with Crippen LogP contribution in [0.4, 0.5) is 0 Å². The van der Waals surface area contributed by atoms with E-state index in [1.54, 1.807) is 15.3 Å². The molecule has 0 spiro atoms. The summed E-state index contributed by atoms with van der Waals surface area (Å²) in [4.78, 5) is 30.6. The smallest absolute Gasteiger partial charge is 0.328 e. The molecule has 3 aromatic heterocycles. The molecule has 2 N–H and O–H groups in total. The second-order valence-electron chi connectivity index (χ2n) is 10.3. The van der Waals surface area contributed by atoms with Gasteiger partial charge in [0, 0.05) is 29.2 Å². The molecule has 3 heterocycles. The van der Waals surface area contributed by atoms with E-state index in [1.807, 2.05) is 42.6 Å². The molecule has 4 aromatic rings. The van der Waals surface area contributed by atoms with Gasteiger partial charge in [0.25, 0.3) is 0 Å². The molecular formula is C29H35N7O3. The van der Waals surface area contributed by atoms with Crippen LogP contribution in [0.25, 0.3) is 22.5 Å². The molecule has 10 heteroatoms. The number of pyridine rings is 1. The van der Waals surface area contributed by atoms with E-state index < -0.39 is 11.9 Å². The molecule has 1 fully saturated rings. The number of nitrogens with zero attached hydrogens (tertiary/aromatic N) is 6. The van der Waals surface area contributed by atoms with Gasteiger partial charge in [0.05, 0.1) is 24.2 Å². The van der Waals surface area contributed by atoms with Crippen molar-refractivity contribution in [2.75, 3.05) is 0 Å². The number of nitrogens with one attached hydrogen (secondary N) is 1. The van der Waals surface area contributed by atoms with E-state index in [4.69, 9.17) is 4.98 Å². The number of aromatic nitrogens is 7. The third kappa shape index (κ3) is 5.84. The second kappa shape index (κ2) is 12.2. The summed E-state index contributed by atoms with van der Waals surface area (Å²) in [7, 11) is 0. The normalized spacial score (nSPS) is 18.0. The van der Waals surface area contributed by atoms with Crippen molar-refractivity contribution in [1.29, 1.82) is 0 Å². The van der Waals surface area contributed by atoms with Crippen molar-refractivity contribution in [3.63, 3.8) is 0 Å². The molecular weight excluding hydrogens is 494 g/mol. The van der Waals surface area contributed by atoms with Crippen LogP contribution in [0.3, 0.4) is 0 Å². The Hall–Kier alpha value is -4.08. The Kier molecular flexibility index (Phi) is 8.29. The van der Waals surface area contributed by atoms with Gasteiger partial charge in [0.2, 0.25) is 0 Å². The molecule has 5 rings (SSSR count). The van der Waals surface area contributed by atoms with E-state index in [1.165, 1.54) is 0 Å². The van der Waals surface area contributed by atoms with E-state index >= 15 is 0 Å². The lowest BCUT2D eigenvalue weighted by atomic mass is 9.86. The quantitative estimate of drug-likeness (QED) is 0.316. The number of hydrogen-bond acceptors (Lipinski definition) is 6. The summed E-state index contributed by atoms with van der Waals surface area (Å²) in [6, 6.07) is 11.4. The number of carbonyl (C=O) groups is 1. The predicted octanol–water partition coefficient (Wildman–Crippen LogP) is 4.88. The molecule has 1 aromatic carbocycles. The van der Waals surface area contributed by atoms with Gasteiger partial charge in [-0.3, -0.25) is 18.9 Å². The zero-order valence-electron chi connectivity index (χ0n) is 22.3. The molecule has 0 saturated heterocycles. The number of carboxylic acid groups (broad SMARTS) is 1.